The number of nitro benzene ring substituents is 1. The zero-order valence-corrected chi connectivity index (χ0v) is 17.5. The third kappa shape index (κ3) is 4.84. The molecule has 9 nitrogen and oxygen atoms in total. The minimum Gasteiger partial charge on any atom is -0.325 e. The van der Waals surface area contributed by atoms with Crippen LogP contribution in [0, 0.1) is 10.1 Å². The Morgan fingerprint density at radius 1 is 1.07 bits per heavy atom. The molecule has 0 atom stereocenters. The van der Waals surface area contributed by atoms with Crippen LogP contribution in [-0.4, -0.2) is 61.2 Å². The summed E-state index contributed by atoms with van der Waals surface area (Å²) >= 11 is 0. The normalized spacial score (nSPS) is 15.6. The molecule has 0 radical (unpaired) electrons. The van der Waals surface area contributed by atoms with Crippen LogP contribution in [0.25, 0.3) is 0 Å². The average Bonchev–Trinajstić information content (AvgIpc) is 2.74. The summed E-state index contributed by atoms with van der Waals surface area (Å²) in [5.74, 6) is -0.161. The van der Waals surface area contributed by atoms with E-state index in [1.807, 2.05) is 36.1 Å². The van der Waals surface area contributed by atoms with Crippen molar-refractivity contribution in [2.75, 3.05) is 38.0 Å². The lowest BCUT2D eigenvalue weighted by Gasteiger charge is -2.33. The molecule has 0 spiro atoms. The molecule has 0 aromatic heterocycles. The number of para-hydroxylation sites is 2. The number of carbonyl (C=O) groups excluding carboxylic acids is 1. The van der Waals surface area contributed by atoms with Crippen molar-refractivity contribution >= 4 is 27.3 Å². The van der Waals surface area contributed by atoms with Crippen LogP contribution < -0.4 is 5.32 Å². The molecule has 3 rings (SSSR count). The maximum Gasteiger partial charge on any atom is 0.289 e. The van der Waals surface area contributed by atoms with E-state index >= 15 is 0 Å². The number of hydrogen-bond donors (Lipinski definition) is 1. The van der Waals surface area contributed by atoms with Gasteiger partial charge in [-0.25, -0.2) is 8.42 Å². The highest BCUT2D eigenvalue weighted by Gasteiger charge is 2.33. The highest BCUT2D eigenvalue weighted by atomic mass is 32.2. The molecule has 0 unspecified atom stereocenters. The molecule has 0 bridgehead atoms. The number of hydrogen-bond acceptors (Lipinski definition) is 6. The van der Waals surface area contributed by atoms with Gasteiger partial charge in [0.25, 0.3) is 5.69 Å². The molecule has 1 fully saturated rings. The lowest BCUT2D eigenvalue weighted by atomic mass is 10.1. The number of rotatable bonds is 7. The van der Waals surface area contributed by atoms with E-state index < -0.39 is 20.6 Å². The van der Waals surface area contributed by atoms with Gasteiger partial charge >= 0.3 is 0 Å². The van der Waals surface area contributed by atoms with E-state index in [-0.39, 0.29) is 30.4 Å². The van der Waals surface area contributed by atoms with Crippen molar-refractivity contribution in [1.29, 1.82) is 0 Å². The lowest BCUT2D eigenvalue weighted by molar-refractivity contribution is -0.387. The van der Waals surface area contributed by atoms with Crippen molar-refractivity contribution in [2.45, 2.75) is 18.2 Å². The molecule has 1 heterocycles. The Balaban J connectivity index is 1.61. The van der Waals surface area contributed by atoms with Gasteiger partial charge in [0.05, 0.1) is 11.5 Å². The second-order valence-corrected chi connectivity index (χ2v) is 8.87. The number of amides is 1. The number of aryl methyl sites for hydroxylation is 1. The second-order valence-electron chi connectivity index (χ2n) is 6.96. The molecule has 0 aliphatic carbocycles. The smallest absolute Gasteiger partial charge is 0.289 e. The van der Waals surface area contributed by atoms with Crippen LogP contribution in [0.5, 0.6) is 0 Å². The third-order valence-corrected chi connectivity index (χ3v) is 7.00. The first-order valence-electron chi connectivity index (χ1n) is 9.66. The SMILES string of the molecule is CCc1ccccc1NC(=O)CN1CCN(S(=O)(=O)c2ccccc2[N+](=O)[O-])CC1. The van der Waals surface area contributed by atoms with E-state index in [2.05, 4.69) is 5.32 Å². The summed E-state index contributed by atoms with van der Waals surface area (Å²) in [6.07, 6.45) is 0.804. The summed E-state index contributed by atoms with van der Waals surface area (Å²) in [6.45, 7) is 3.21. The Morgan fingerprint density at radius 3 is 2.37 bits per heavy atom. The van der Waals surface area contributed by atoms with Crippen molar-refractivity contribution in [3.05, 3.63) is 64.2 Å². The van der Waals surface area contributed by atoms with Gasteiger partial charge in [-0.15, -0.1) is 0 Å². The second kappa shape index (κ2) is 9.33. The molecular formula is C20H24N4O5S. The van der Waals surface area contributed by atoms with Crippen LogP contribution in [0.2, 0.25) is 0 Å². The summed E-state index contributed by atoms with van der Waals surface area (Å²) in [5.41, 5.74) is 1.39. The fraction of sp³-hybridized carbons (Fsp3) is 0.350. The fourth-order valence-corrected chi connectivity index (χ4v) is 5.02. The minimum absolute atomic E-state index is 0.150. The number of piperazine rings is 1. The number of sulfonamides is 1. The van der Waals surface area contributed by atoms with Gasteiger partial charge in [0.1, 0.15) is 0 Å². The Morgan fingerprint density at radius 2 is 1.70 bits per heavy atom. The molecule has 2 aromatic rings. The first kappa shape index (κ1) is 21.9. The molecule has 1 N–H and O–H groups in total. The summed E-state index contributed by atoms with van der Waals surface area (Å²) in [6, 6.07) is 12.9. The highest BCUT2D eigenvalue weighted by Crippen LogP contribution is 2.27. The number of nitro groups is 1. The molecule has 1 amide bonds. The molecule has 1 aliphatic rings. The Hall–Kier alpha value is -2.82. The van der Waals surface area contributed by atoms with E-state index in [1.165, 1.54) is 28.6 Å². The number of carbonyl (C=O) groups is 1. The van der Waals surface area contributed by atoms with Crippen molar-refractivity contribution in [3.8, 4) is 0 Å². The van der Waals surface area contributed by atoms with Crippen LogP contribution in [0.15, 0.2) is 53.4 Å². The third-order valence-electron chi connectivity index (χ3n) is 5.05. The van der Waals surface area contributed by atoms with E-state index in [1.54, 1.807) is 0 Å². The van der Waals surface area contributed by atoms with E-state index in [9.17, 15) is 23.3 Å². The van der Waals surface area contributed by atoms with Gasteiger partial charge in [0, 0.05) is 37.9 Å². The zero-order valence-electron chi connectivity index (χ0n) is 16.7. The Kier molecular flexibility index (Phi) is 6.80. The minimum atomic E-state index is -3.98. The highest BCUT2D eigenvalue weighted by molar-refractivity contribution is 7.89. The van der Waals surface area contributed by atoms with Crippen LogP contribution in [0.4, 0.5) is 11.4 Å². The van der Waals surface area contributed by atoms with E-state index in [0.717, 1.165) is 17.7 Å². The first-order chi connectivity index (χ1) is 14.3. The summed E-state index contributed by atoms with van der Waals surface area (Å²) < 4.78 is 27.0. The Bertz CT molecular complexity index is 1030. The van der Waals surface area contributed by atoms with Crippen molar-refractivity contribution < 1.29 is 18.1 Å². The van der Waals surface area contributed by atoms with Gasteiger partial charge in [0.15, 0.2) is 4.90 Å². The van der Waals surface area contributed by atoms with Gasteiger partial charge in [0.2, 0.25) is 15.9 Å². The van der Waals surface area contributed by atoms with Crippen LogP contribution in [-0.2, 0) is 21.2 Å². The molecular weight excluding hydrogens is 408 g/mol. The number of anilines is 1. The van der Waals surface area contributed by atoms with Gasteiger partial charge < -0.3 is 5.32 Å². The number of nitrogens with zero attached hydrogens (tertiary/aromatic N) is 3. The van der Waals surface area contributed by atoms with Crippen molar-refractivity contribution in [1.82, 2.24) is 9.21 Å². The maximum absolute atomic E-state index is 12.9. The standard InChI is InChI=1S/C20H24N4O5S/c1-2-16-7-3-4-8-17(16)21-20(25)15-22-11-13-23(14-12-22)30(28,29)19-10-6-5-9-18(19)24(26)27/h3-10H,2,11-15H2,1H3,(H,21,25). The quantitative estimate of drug-likeness (QED) is 0.530. The largest absolute Gasteiger partial charge is 0.325 e. The van der Waals surface area contributed by atoms with Crippen LogP contribution >= 0.6 is 0 Å². The molecule has 1 aliphatic heterocycles. The van der Waals surface area contributed by atoms with Gasteiger partial charge in [-0.2, -0.15) is 4.31 Å². The predicted octanol–water partition coefficient (Wildman–Crippen LogP) is 2.10. The first-order valence-corrected chi connectivity index (χ1v) is 11.1. The van der Waals surface area contributed by atoms with E-state index in [0.29, 0.717) is 13.1 Å². The zero-order chi connectivity index (χ0) is 21.7. The maximum atomic E-state index is 12.9. The summed E-state index contributed by atoms with van der Waals surface area (Å²) in [5, 5.41) is 14.1. The van der Waals surface area contributed by atoms with Crippen molar-refractivity contribution in [3.63, 3.8) is 0 Å². The molecule has 1 saturated heterocycles. The summed E-state index contributed by atoms with van der Waals surface area (Å²) in [7, 11) is -3.98. The number of nitrogens with one attached hydrogen (secondary N) is 1. The Labute approximate surface area is 175 Å². The molecule has 2 aromatic carbocycles. The molecule has 160 valence electrons. The number of benzene rings is 2. The topological polar surface area (TPSA) is 113 Å². The molecule has 10 heteroatoms. The van der Waals surface area contributed by atoms with E-state index in [4.69, 9.17) is 0 Å². The fourth-order valence-electron chi connectivity index (χ4n) is 3.44. The molecule has 0 saturated carbocycles. The lowest BCUT2D eigenvalue weighted by Crippen LogP contribution is -2.50. The average molecular weight is 433 g/mol. The molecule has 30 heavy (non-hydrogen) atoms. The van der Waals surface area contributed by atoms with Crippen molar-refractivity contribution in [2.24, 2.45) is 0 Å². The van der Waals surface area contributed by atoms with Crippen LogP contribution in [0.3, 0.4) is 0 Å². The van der Waals surface area contributed by atoms with Crippen LogP contribution in [0.1, 0.15) is 12.5 Å². The monoisotopic (exact) mass is 432 g/mol. The van der Waals surface area contributed by atoms with Gasteiger partial charge in [-0.3, -0.25) is 19.8 Å². The summed E-state index contributed by atoms with van der Waals surface area (Å²) in [4.78, 5) is 24.5. The predicted molar refractivity (Wildman–Crippen MR) is 113 cm³/mol. The van der Waals surface area contributed by atoms with Gasteiger partial charge in [-0.05, 0) is 24.1 Å². The van der Waals surface area contributed by atoms with Gasteiger partial charge in [-0.1, -0.05) is 37.3 Å².